The maximum Gasteiger partial charge on any atom is 1.00 e. The number of halogens is 2. The zero-order valence-corrected chi connectivity index (χ0v) is 8.37. The molecule has 1 rings (SSSR count). The Bertz CT molecular complexity index is 154. The molecule has 0 spiro atoms. The summed E-state index contributed by atoms with van der Waals surface area (Å²) in [7, 11) is 0. The van der Waals surface area contributed by atoms with E-state index in [0.717, 1.165) is 0 Å². The van der Waals surface area contributed by atoms with Crippen molar-refractivity contribution >= 4 is 23.2 Å². The Kier molecular flexibility index (Phi) is 4.90. The van der Waals surface area contributed by atoms with Gasteiger partial charge in [0.25, 0.3) is 0 Å². The van der Waals surface area contributed by atoms with E-state index in [9.17, 15) is 0 Å². The maximum absolute atomic E-state index is 5.43. The van der Waals surface area contributed by atoms with Gasteiger partial charge in [-0.15, -0.1) is 35.3 Å². The van der Waals surface area contributed by atoms with E-state index in [0.29, 0.717) is 10.2 Å². The minimum absolute atomic E-state index is 0. The third-order valence-electron chi connectivity index (χ3n) is 0.637. The van der Waals surface area contributed by atoms with Crippen molar-refractivity contribution in [3.05, 3.63) is 28.5 Å². The first-order chi connectivity index (χ1) is 3.79. The molecule has 0 unspecified atom stereocenters. The summed E-state index contributed by atoms with van der Waals surface area (Å²) in [5.74, 6) is 0. The van der Waals surface area contributed by atoms with Crippen LogP contribution in [-0.2, 0) is 0 Å². The van der Waals surface area contributed by atoms with Gasteiger partial charge in [0.2, 0.25) is 0 Å². The number of nitrogens with zero attached hydrogens (tertiary/aromatic N) is 1. The molecule has 0 aliphatic heterocycles. The minimum atomic E-state index is 0. The van der Waals surface area contributed by atoms with Crippen molar-refractivity contribution in [3.63, 3.8) is 0 Å². The van der Waals surface area contributed by atoms with Gasteiger partial charge >= 0.3 is 29.6 Å². The van der Waals surface area contributed by atoms with Crippen LogP contribution in [0.15, 0.2) is 12.1 Å². The van der Waals surface area contributed by atoms with Crippen molar-refractivity contribution in [3.8, 4) is 0 Å². The van der Waals surface area contributed by atoms with Crippen LogP contribution in [0.4, 0.5) is 0 Å². The average Bonchev–Trinajstić information content (AvgIpc) is 1.77. The monoisotopic (exact) mass is 169 g/mol. The Morgan fingerprint density at radius 2 is 2.00 bits per heavy atom. The second kappa shape index (κ2) is 4.53. The van der Waals surface area contributed by atoms with E-state index in [1.165, 1.54) is 0 Å². The smallest absolute Gasteiger partial charge is 0.374 e. The van der Waals surface area contributed by atoms with Crippen LogP contribution in [0.25, 0.3) is 0 Å². The molecule has 1 nitrogen and oxygen atoms in total. The maximum atomic E-state index is 5.43. The topological polar surface area (TPSA) is 12.9 Å². The summed E-state index contributed by atoms with van der Waals surface area (Å²) in [5.41, 5.74) is 0. The molecule has 0 aliphatic carbocycles. The van der Waals surface area contributed by atoms with Gasteiger partial charge in [0.15, 0.2) is 0 Å². The summed E-state index contributed by atoms with van der Waals surface area (Å²) in [6, 6.07) is 3.25. The summed E-state index contributed by atoms with van der Waals surface area (Å²) in [5, 5.41) is 0.892. The Labute approximate surface area is 85.7 Å². The molecule has 0 amide bonds. The number of aromatic nitrogens is 1. The van der Waals surface area contributed by atoms with E-state index in [2.05, 4.69) is 11.2 Å². The summed E-state index contributed by atoms with van der Waals surface area (Å²) < 4.78 is 0. The van der Waals surface area contributed by atoms with Gasteiger partial charge < -0.3 is 4.98 Å². The first-order valence-corrected chi connectivity index (χ1v) is 2.74. The van der Waals surface area contributed by atoms with E-state index in [-0.39, 0.29) is 29.6 Å². The van der Waals surface area contributed by atoms with Crippen LogP contribution < -0.4 is 29.6 Å². The summed E-state index contributed by atoms with van der Waals surface area (Å²) in [6.07, 6.45) is 2.48. The predicted octanol–water partition coefficient (Wildman–Crippen LogP) is -0.807. The molecule has 0 bridgehead atoms. The minimum Gasteiger partial charge on any atom is -0.374 e. The van der Waals surface area contributed by atoms with Gasteiger partial charge in [-0.3, -0.25) is 0 Å². The van der Waals surface area contributed by atoms with E-state index in [4.69, 9.17) is 23.2 Å². The van der Waals surface area contributed by atoms with Crippen LogP contribution >= 0.6 is 23.2 Å². The largest absolute Gasteiger partial charge is 1.00 e. The second-order valence-corrected chi connectivity index (χ2v) is 2.02. The van der Waals surface area contributed by atoms with E-state index < -0.39 is 0 Å². The predicted molar refractivity (Wildman–Crippen MR) is 33.1 cm³/mol. The van der Waals surface area contributed by atoms with Gasteiger partial charge in [0.05, 0.1) is 0 Å². The molecule has 4 heteroatoms. The molecule has 0 atom stereocenters. The molecule has 9 heavy (non-hydrogen) atoms. The van der Waals surface area contributed by atoms with Crippen LogP contribution in [0.2, 0.25) is 10.2 Å². The van der Waals surface area contributed by atoms with Gasteiger partial charge in [-0.2, -0.15) is 0 Å². The Morgan fingerprint density at radius 3 is 2.33 bits per heavy atom. The molecule has 1 aromatic rings. The number of hydrogen-bond acceptors (Lipinski definition) is 1. The van der Waals surface area contributed by atoms with Gasteiger partial charge in [-0.25, -0.2) is 0 Å². The number of hydrogen-bond donors (Lipinski definition) is 0. The van der Waals surface area contributed by atoms with Crippen LogP contribution in [0.3, 0.4) is 0 Å². The van der Waals surface area contributed by atoms with Crippen LogP contribution in [0.5, 0.6) is 0 Å². The van der Waals surface area contributed by atoms with Crippen molar-refractivity contribution in [2.75, 3.05) is 0 Å². The molecule has 0 radical (unpaired) electrons. The fraction of sp³-hybridized carbons (Fsp3) is 0. The number of pyridine rings is 1. The van der Waals surface area contributed by atoms with Gasteiger partial charge in [-0.05, 0) is 0 Å². The SMILES string of the molecule is Clc1[c-]nc(Cl)cc1.[Na+]. The van der Waals surface area contributed by atoms with E-state index in [1.807, 2.05) is 0 Å². The summed E-state index contributed by atoms with van der Waals surface area (Å²) >= 11 is 10.8. The van der Waals surface area contributed by atoms with Crippen molar-refractivity contribution in [2.45, 2.75) is 0 Å². The molecule has 0 saturated heterocycles. The zero-order valence-electron chi connectivity index (χ0n) is 4.86. The number of rotatable bonds is 0. The van der Waals surface area contributed by atoms with E-state index >= 15 is 0 Å². The quantitative estimate of drug-likeness (QED) is 0.282. The van der Waals surface area contributed by atoms with E-state index in [1.54, 1.807) is 12.1 Å². The van der Waals surface area contributed by atoms with Crippen LogP contribution in [-0.4, -0.2) is 4.98 Å². The molecular weight excluding hydrogens is 168 g/mol. The van der Waals surface area contributed by atoms with Gasteiger partial charge in [-0.1, -0.05) is 11.2 Å². The zero-order chi connectivity index (χ0) is 5.98. The molecule has 42 valence electrons. The standard InChI is InChI=1S/C5H2Cl2N.Na/c6-4-1-2-5(7)8-3-4;/h1-2H;/q-1;+1. The normalized spacial score (nSPS) is 8.22. The molecule has 0 saturated carbocycles. The third-order valence-corrected chi connectivity index (χ3v) is 1.06. The summed E-state index contributed by atoms with van der Waals surface area (Å²) in [6.45, 7) is 0. The fourth-order valence-electron chi connectivity index (χ4n) is 0.323. The third kappa shape index (κ3) is 3.43. The summed E-state index contributed by atoms with van der Waals surface area (Å²) in [4.78, 5) is 3.59. The first-order valence-electron chi connectivity index (χ1n) is 1.99. The Hall–Kier alpha value is 0.730. The second-order valence-electron chi connectivity index (χ2n) is 1.23. The molecule has 0 aromatic carbocycles. The average molecular weight is 170 g/mol. The van der Waals surface area contributed by atoms with Crippen molar-refractivity contribution < 1.29 is 29.6 Å². The Balaban J connectivity index is 0.000000640. The van der Waals surface area contributed by atoms with Crippen molar-refractivity contribution in [1.82, 2.24) is 4.98 Å². The first kappa shape index (κ1) is 9.73. The van der Waals surface area contributed by atoms with Crippen molar-refractivity contribution in [2.24, 2.45) is 0 Å². The molecule has 0 N–H and O–H groups in total. The molecule has 1 heterocycles. The molecule has 1 aromatic heterocycles. The van der Waals surface area contributed by atoms with Crippen molar-refractivity contribution in [1.29, 1.82) is 0 Å². The van der Waals surface area contributed by atoms with Crippen LogP contribution in [0.1, 0.15) is 0 Å². The molecule has 0 aliphatic rings. The molecular formula is C5H2Cl2NNa. The molecule has 0 fully saturated rings. The Morgan fingerprint density at radius 1 is 1.33 bits per heavy atom. The fourth-order valence-corrected chi connectivity index (χ4v) is 0.534. The van der Waals surface area contributed by atoms with Crippen LogP contribution in [0, 0.1) is 6.20 Å². The van der Waals surface area contributed by atoms with Gasteiger partial charge in [0, 0.05) is 5.15 Å². The van der Waals surface area contributed by atoms with Gasteiger partial charge in [0.1, 0.15) is 0 Å².